The van der Waals surface area contributed by atoms with Crippen LogP contribution in [0.3, 0.4) is 0 Å². The van der Waals surface area contributed by atoms with Gasteiger partial charge in [0.05, 0.1) is 5.92 Å². The molecule has 0 amide bonds. The van der Waals surface area contributed by atoms with E-state index in [0.717, 1.165) is 12.8 Å². The minimum absolute atomic E-state index is 0.102. The summed E-state index contributed by atoms with van der Waals surface area (Å²) < 4.78 is 5.41. The molecule has 1 fully saturated rings. The van der Waals surface area contributed by atoms with E-state index in [1.165, 1.54) is 12.8 Å². The van der Waals surface area contributed by atoms with Gasteiger partial charge in [-0.05, 0) is 31.6 Å². The van der Waals surface area contributed by atoms with Gasteiger partial charge in [-0.25, -0.2) is 0 Å². The molecule has 0 radical (unpaired) electrons. The van der Waals surface area contributed by atoms with Crippen LogP contribution in [0.15, 0.2) is 0 Å². The van der Waals surface area contributed by atoms with Crippen LogP contribution in [0.2, 0.25) is 0 Å². The second-order valence-corrected chi connectivity index (χ2v) is 4.43. The lowest BCUT2D eigenvalue weighted by atomic mass is 9.96. The lowest BCUT2D eigenvalue weighted by Crippen LogP contribution is -2.32. The first-order valence-electron chi connectivity index (χ1n) is 5.55. The van der Waals surface area contributed by atoms with Crippen LogP contribution in [-0.4, -0.2) is 18.6 Å². The van der Waals surface area contributed by atoms with E-state index in [0.29, 0.717) is 6.54 Å². The van der Waals surface area contributed by atoms with Crippen LogP contribution in [0.4, 0.5) is 0 Å². The number of ether oxygens (including phenoxy) is 1. The number of esters is 1. The smallest absolute Gasteiger partial charge is 0.310 e. The molecule has 2 N–H and O–H groups in total. The zero-order valence-corrected chi connectivity index (χ0v) is 9.16. The van der Waals surface area contributed by atoms with Gasteiger partial charge in [0.15, 0.2) is 0 Å². The summed E-state index contributed by atoms with van der Waals surface area (Å²) in [6.45, 7) is 4.41. The Morgan fingerprint density at radius 3 is 2.43 bits per heavy atom. The molecule has 0 spiro atoms. The number of hydrogen-bond donors (Lipinski definition) is 1. The van der Waals surface area contributed by atoms with Crippen molar-refractivity contribution < 1.29 is 9.53 Å². The molecule has 0 aliphatic heterocycles. The monoisotopic (exact) mass is 199 g/mol. The summed E-state index contributed by atoms with van der Waals surface area (Å²) >= 11 is 0. The molecule has 0 bridgehead atoms. The van der Waals surface area contributed by atoms with Crippen LogP contribution in [0.25, 0.3) is 0 Å². The lowest BCUT2D eigenvalue weighted by Gasteiger charge is -2.20. The molecule has 82 valence electrons. The molecule has 1 saturated carbocycles. The van der Waals surface area contributed by atoms with E-state index in [1.807, 2.05) is 13.8 Å². The zero-order chi connectivity index (χ0) is 10.6. The highest BCUT2D eigenvalue weighted by Gasteiger charge is 2.26. The topological polar surface area (TPSA) is 52.3 Å². The molecular weight excluding hydrogens is 178 g/mol. The minimum atomic E-state index is -0.129. The quantitative estimate of drug-likeness (QED) is 0.701. The van der Waals surface area contributed by atoms with Crippen LogP contribution >= 0.6 is 0 Å². The van der Waals surface area contributed by atoms with Crippen molar-refractivity contribution in [2.24, 2.45) is 17.6 Å². The summed E-state index contributed by atoms with van der Waals surface area (Å²) in [5.41, 5.74) is 5.55. The second kappa shape index (κ2) is 5.35. The van der Waals surface area contributed by atoms with Crippen molar-refractivity contribution in [1.82, 2.24) is 0 Å². The molecular formula is C11H21NO2. The summed E-state index contributed by atoms with van der Waals surface area (Å²) in [5.74, 6) is 0.0407. The number of hydrogen-bond acceptors (Lipinski definition) is 3. The highest BCUT2D eigenvalue weighted by molar-refractivity contribution is 5.73. The molecule has 1 unspecified atom stereocenters. The molecule has 1 aliphatic carbocycles. The Labute approximate surface area is 86.0 Å². The van der Waals surface area contributed by atoms with Crippen LogP contribution in [-0.2, 0) is 9.53 Å². The van der Waals surface area contributed by atoms with Gasteiger partial charge in [0.25, 0.3) is 0 Å². The first kappa shape index (κ1) is 11.5. The van der Waals surface area contributed by atoms with E-state index < -0.39 is 0 Å². The third-order valence-electron chi connectivity index (χ3n) is 2.95. The van der Waals surface area contributed by atoms with Crippen molar-refractivity contribution in [3.63, 3.8) is 0 Å². The highest BCUT2D eigenvalue weighted by Crippen LogP contribution is 2.23. The molecule has 1 atom stereocenters. The molecule has 1 rings (SSSR count). The van der Waals surface area contributed by atoms with Crippen molar-refractivity contribution in [2.75, 3.05) is 6.54 Å². The largest absolute Gasteiger partial charge is 0.462 e. The SMILES string of the molecule is CC(C)C(CN)C(=O)OC1CCCC1. The molecule has 0 aromatic heterocycles. The summed E-state index contributed by atoms with van der Waals surface area (Å²) in [5, 5.41) is 0. The van der Waals surface area contributed by atoms with Gasteiger partial charge < -0.3 is 10.5 Å². The first-order chi connectivity index (χ1) is 6.65. The minimum Gasteiger partial charge on any atom is -0.462 e. The third-order valence-corrected chi connectivity index (χ3v) is 2.95. The Balaban J connectivity index is 2.38. The Kier molecular flexibility index (Phi) is 4.39. The number of rotatable bonds is 4. The molecule has 3 heteroatoms. The maximum absolute atomic E-state index is 11.7. The summed E-state index contributed by atoms with van der Waals surface area (Å²) in [6, 6.07) is 0. The van der Waals surface area contributed by atoms with Crippen molar-refractivity contribution >= 4 is 5.97 Å². The van der Waals surface area contributed by atoms with Gasteiger partial charge in [-0.3, -0.25) is 4.79 Å². The van der Waals surface area contributed by atoms with E-state index >= 15 is 0 Å². The molecule has 0 heterocycles. The average Bonchev–Trinajstić information content (AvgIpc) is 2.57. The number of carbonyl (C=O) groups excluding carboxylic acids is 1. The highest BCUT2D eigenvalue weighted by atomic mass is 16.5. The second-order valence-electron chi connectivity index (χ2n) is 4.43. The maximum Gasteiger partial charge on any atom is 0.310 e. The fourth-order valence-corrected chi connectivity index (χ4v) is 1.90. The molecule has 0 aromatic carbocycles. The average molecular weight is 199 g/mol. The Bertz CT molecular complexity index is 186. The van der Waals surface area contributed by atoms with E-state index in [4.69, 9.17) is 10.5 Å². The summed E-state index contributed by atoms with van der Waals surface area (Å²) in [4.78, 5) is 11.7. The van der Waals surface area contributed by atoms with E-state index in [1.54, 1.807) is 0 Å². The number of nitrogens with two attached hydrogens (primary N) is 1. The van der Waals surface area contributed by atoms with E-state index in [9.17, 15) is 4.79 Å². The number of carbonyl (C=O) groups is 1. The van der Waals surface area contributed by atoms with Gasteiger partial charge in [-0.2, -0.15) is 0 Å². The molecule has 0 aromatic rings. The van der Waals surface area contributed by atoms with Crippen LogP contribution < -0.4 is 5.73 Å². The standard InChI is InChI=1S/C11H21NO2/c1-8(2)10(7-12)11(13)14-9-5-3-4-6-9/h8-10H,3-7,12H2,1-2H3. The Morgan fingerprint density at radius 2 is 2.00 bits per heavy atom. The Hall–Kier alpha value is -0.570. The lowest BCUT2D eigenvalue weighted by molar-refractivity contribution is -0.154. The normalized spacial score (nSPS) is 20.0. The van der Waals surface area contributed by atoms with Crippen LogP contribution in [0, 0.1) is 11.8 Å². The van der Waals surface area contributed by atoms with Gasteiger partial charge in [0, 0.05) is 6.54 Å². The van der Waals surface area contributed by atoms with Crippen molar-refractivity contribution in [2.45, 2.75) is 45.6 Å². The summed E-state index contributed by atoms with van der Waals surface area (Å²) in [6.07, 6.45) is 4.59. The van der Waals surface area contributed by atoms with Gasteiger partial charge >= 0.3 is 5.97 Å². The zero-order valence-electron chi connectivity index (χ0n) is 9.16. The third kappa shape index (κ3) is 2.98. The fourth-order valence-electron chi connectivity index (χ4n) is 1.90. The van der Waals surface area contributed by atoms with Gasteiger partial charge in [-0.1, -0.05) is 13.8 Å². The first-order valence-corrected chi connectivity index (χ1v) is 5.55. The van der Waals surface area contributed by atoms with Crippen molar-refractivity contribution in [3.05, 3.63) is 0 Å². The van der Waals surface area contributed by atoms with Gasteiger partial charge in [0.2, 0.25) is 0 Å². The maximum atomic E-state index is 11.7. The molecule has 14 heavy (non-hydrogen) atoms. The van der Waals surface area contributed by atoms with Crippen molar-refractivity contribution in [1.29, 1.82) is 0 Å². The molecule has 1 aliphatic rings. The predicted molar refractivity (Wildman–Crippen MR) is 55.7 cm³/mol. The summed E-state index contributed by atoms with van der Waals surface area (Å²) in [7, 11) is 0. The van der Waals surface area contributed by atoms with Gasteiger partial charge in [0.1, 0.15) is 6.10 Å². The van der Waals surface area contributed by atoms with Crippen LogP contribution in [0.1, 0.15) is 39.5 Å². The Morgan fingerprint density at radius 1 is 1.43 bits per heavy atom. The molecule has 3 nitrogen and oxygen atoms in total. The van der Waals surface area contributed by atoms with E-state index in [2.05, 4.69) is 0 Å². The predicted octanol–water partition coefficient (Wildman–Crippen LogP) is 1.70. The molecule has 0 saturated heterocycles. The van der Waals surface area contributed by atoms with E-state index in [-0.39, 0.29) is 23.9 Å². The van der Waals surface area contributed by atoms with Crippen molar-refractivity contribution in [3.8, 4) is 0 Å². The van der Waals surface area contributed by atoms with Crippen LogP contribution in [0.5, 0.6) is 0 Å². The van der Waals surface area contributed by atoms with Gasteiger partial charge in [-0.15, -0.1) is 0 Å². The fraction of sp³-hybridized carbons (Fsp3) is 0.909.